The minimum atomic E-state index is -4.14. The van der Waals surface area contributed by atoms with E-state index < -0.39 is 28.5 Å². The van der Waals surface area contributed by atoms with Crippen LogP contribution in [-0.4, -0.2) is 43.8 Å². The molecule has 3 aromatic carbocycles. The predicted molar refractivity (Wildman–Crippen MR) is 166 cm³/mol. The van der Waals surface area contributed by atoms with Crippen LogP contribution in [0.5, 0.6) is 0 Å². The third-order valence-electron chi connectivity index (χ3n) is 7.18. The first kappa shape index (κ1) is 32.4. The number of rotatable bonds is 12. The van der Waals surface area contributed by atoms with Crippen molar-refractivity contribution in [1.82, 2.24) is 10.2 Å². The lowest BCUT2D eigenvalue weighted by Crippen LogP contribution is -2.53. The summed E-state index contributed by atoms with van der Waals surface area (Å²) in [6, 6.07) is 17.4. The van der Waals surface area contributed by atoms with Crippen LogP contribution in [0.1, 0.15) is 50.3 Å². The quantitative estimate of drug-likeness (QED) is 0.250. The Morgan fingerprint density at radius 2 is 1.59 bits per heavy atom. The molecule has 0 aliphatic carbocycles. The number of nitrogens with zero attached hydrogens (tertiary/aromatic N) is 2. The predicted octanol–water partition coefficient (Wildman–Crippen LogP) is 6.53. The van der Waals surface area contributed by atoms with Crippen molar-refractivity contribution < 1.29 is 18.0 Å². The fourth-order valence-corrected chi connectivity index (χ4v) is 6.25. The van der Waals surface area contributed by atoms with Crippen LogP contribution >= 0.6 is 23.2 Å². The molecule has 1 N–H and O–H groups in total. The summed E-state index contributed by atoms with van der Waals surface area (Å²) in [6.45, 7) is 8.91. The molecule has 41 heavy (non-hydrogen) atoms. The Kier molecular flexibility index (Phi) is 11.2. The minimum Gasteiger partial charge on any atom is -0.352 e. The van der Waals surface area contributed by atoms with Gasteiger partial charge >= 0.3 is 0 Å². The molecule has 220 valence electrons. The number of amides is 2. The van der Waals surface area contributed by atoms with Crippen LogP contribution in [0.3, 0.4) is 0 Å². The monoisotopic (exact) mass is 617 g/mol. The molecule has 0 unspecified atom stereocenters. The van der Waals surface area contributed by atoms with Gasteiger partial charge in [0.1, 0.15) is 12.6 Å². The van der Waals surface area contributed by atoms with Gasteiger partial charge in [-0.25, -0.2) is 8.42 Å². The minimum absolute atomic E-state index is 0.0359. The van der Waals surface area contributed by atoms with E-state index in [1.165, 1.54) is 17.0 Å². The molecular weight excluding hydrogens is 581 g/mol. The number of benzene rings is 3. The van der Waals surface area contributed by atoms with E-state index in [0.29, 0.717) is 27.7 Å². The van der Waals surface area contributed by atoms with Crippen LogP contribution in [0.2, 0.25) is 10.0 Å². The van der Waals surface area contributed by atoms with Gasteiger partial charge < -0.3 is 10.2 Å². The Bertz CT molecular complexity index is 1480. The number of carbonyl (C=O) groups is 2. The average molecular weight is 619 g/mol. The van der Waals surface area contributed by atoms with Crippen molar-refractivity contribution in [2.75, 3.05) is 10.8 Å². The van der Waals surface area contributed by atoms with Crippen molar-refractivity contribution in [3.63, 3.8) is 0 Å². The smallest absolute Gasteiger partial charge is 0.264 e. The molecule has 3 rings (SSSR count). The third-order valence-corrected chi connectivity index (χ3v) is 9.69. The fourth-order valence-electron chi connectivity index (χ4n) is 4.43. The first-order valence-electron chi connectivity index (χ1n) is 13.6. The van der Waals surface area contributed by atoms with Crippen molar-refractivity contribution >= 4 is 50.7 Å². The summed E-state index contributed by atoms with van der Waals surface area (Å²) in [4.78, 5) is 29.1. The van der Waals surface area contributed by atoms with E-state index in [4.69, 9.17) is 23.2 Å². The number of nitrogens with one attached hydrogen (secondary N) is 1. The lowest BCUT2D eigenvalue weighted by atomic mass is 10.1. The molecule has 0 fully saturated rings. The molecule has 7 nitrogen and oxygen atoms in total. The first-order chi connectivity index (χ1) is 19.4. The zero-order chi connectivity index (χ0) is 30.3. The second-order valence-electron chi connectivity index (χ2n) is 10.1. The number of carbonyl (C=O) groups excluding carboxylic acids is 2. The van der Waals surface area contributed by atoms with Crippen LogP contribution in [0.4, 0.5) is 5.69 Å². The summed E-state index contributed by atoms with van der Waals surface area (Å²) in [6.07, 6.45) is 1.04. The van der Waals surface area contributed by atoms with Gasteiger partial charge in [0.15, 0.2) is 0 Å². The van der Waals surface area contributed by atoms with Gasteiger partial charge in [-0.3, -0.25) is 13.9 Å². The van der Waals surface area contributed by atoms with Crippen LogP contribution in [0.25, 0.3) is 0 Å². The van der Waals surface area contributed by atoms with E-state index in [-0.39, 0.29) is 23.4 Å². The summed E-state index contributed by atoms with van der Waals surface area (Å²) in [5.41, 5.74) is 2.67. The molecule has 0 spiro atoms. The maximum Gasteiger partial charge on any atom is 0.264 e. The molecule has 3 aromatic rings. The van der Waals surface area contributed by atoms with E-state index in [1.54, 1.807) is 48.5 Å². The summed E-state index contributed by atoms with van der Waals surface area (Å²) >= 11 is 12.4. The molecule has 0 aliphatic rings. The average Bonchev–Trinajstić information content (AvgIpc) is 2.95. The highest BCUT2D eigenvalue weighted by atomic mass is 35.5. The summed E-state index contributed by atoms with van der Waals surface area (Å²) < 4.78 is 29.1. The Morgan fingerprint density at radius 1 is 0.902 bits per heavy atom. The Morgan fingerprint density at radius 3 is 2.20 bits per heavy atom. The lowest BCUT2D eigenvalue weighted by molar-refractivity contribution is -0.140. The van der Waals surface area contributed by atoms with Crippen molar-refractivity contribution in [2.24, 2.45) is 0 Å². The van der Waals surface area contributed by atoms with Gasteiger partial charge in [0.2, 0.25) is 11.8 Å². The van der Waals surface area contributed by atoms with Crippen LogP contribution in [0, 0.1) is 13.8 Å². The van der Waals surface area contributed by atoms with E-state index in [2.05, 4.69) is 5.32 Å². The molecule has 2 amide bonds. The van der Waals surface area contributed by atoms with E-state index >= 15 is 0 Å². The zero-order valence-corrected chi connectivity index (χ0v) is 26.4. The van der Waals surface area contributed by atoms with Gasteiger partial charge in [-0.05, 0) is 80.6 Å². The van der Waals surface area contributed by atoms with Gasteiger partial charge in [0.05, 0.1) is 20.6 Å². The third kappa shape index (κ3) is 7.82. The second-order valence-corrected chi connectivity index (χ2v) is 12.7. The highest BCUT2D eigenvalue weighted by Gasteiger charge is 2.34. The molecule has 0 saturated heterocycles. The largest absolute Gasteiger partial charge is 0.352 e. The van der Waals surface area contributed by atoms with Crippen molar-refractivity contribution in [2.45, 2.75) is 71.0 Å². The molecule has 0 radical (unpaired) electrons. The van der Waals surface area contributed by atoms with Crippen molar-refractivity contribution in [1.29, 1.82) is 0 Å². The Balaban J connectivity index is 2.11. The molecule has 0 aliphatic heterocycles. The van der Waals surface area contributed by atoms with E-state index in [0.717, 1.165) is 21.9 Å². The number of anilines is 1. The van der Waals surface area contributed by atoms with Crippen molar-refractivity contribution in [3.8, 4) is 0 Å². The molecule has 2 atom stereocenters. The second kappa shape index (κ2) is 14.2. The summed E-state index contributed by atoms with van der Waals surface area (Å²) in [5, 5.41) is 3.65. The molecule has 0 heterocycles. The standard InChI is InChI=1S/C31H37Cl2N3O4S/c1-6-22(4)34-31(38)28(7-2)35(19-24-16-17-26(32)27(33)18-24)30(37)20-36(29-15-11-12-21(3)23(29)5)41(39,40)25-13-9-8-10-14-25/h8-18,22,28H,6-7,19-20H2,1-5H3,(H,34,38)/t22-,28+/m1/s1. The highest BCUT2D eigenvalue weighted by Crippen LogP contribution is 2.30. The SMILES string of the molecule is CC[C@@H](C)NC(=O)[C@H](CC)N(Cc1ccc(Cl)c(Cl)c1)C(=O)CN(c1cccc(C)c1C)S(=O)(=O)c1ccccc1. The fraction of sp³-hybridized carbons (Fsp3) is 0.355. The van der Waals surface area contributed by atoms with Gasteiger partial charge in [-0.15, -0.1) is 0 Å². The Hall–Kier alpha value is -3.07. The molecule has 0 bridgehead atoms. The maximum absolute atomic E-state index is 14.2. The van der Waals surface area contributed by atoms with Gasteiger partial charge in [-0.1, -0.05) is 73.4 Å². The summed E-state index contributed by atoms with van der Waals surface area (Å²) in [7, 11) is -4.14. The van der Waals surface area contributed by atoms with Crippen LogP contribution < -0.4 is 9.62 Å². The summed E-state index contributed by atoms with van der Waals surface area (Å²) in [5.74, 6) is -0.831. The zero-order valence-electron chi connectivity index (χ0n) is 24.0. The molecule has 10 heteroatoms. The molecule has 0 aromatic heterocycles. The number of aryl methyl sites for hydroxylation is 1. The topological polar surface area (TPSA) is 86.8 Å². The van der Waals surface area contributed by atoms with Gasteiger partial charge in [0.25, 0.3) is 10.0 Å². The number of sulfonamides is 1. The number of hydrogen-bond donors (Lipinski definition) is 1. The van der Waals surface area contributed by atoms with Crippen LogP contribution in [-0.2, 0) is 26.2 Å². The van der Waals surface area contributed by atoms with Gasteiger partial charge in [-0.2, -0.15) is 0 Å². The Labute approximate surface area is 253 Å². The highest BCUT2D eigenvalue weighted by molar-refractivity contribution is 7.92. The molecule has 0 saturated carbocycles. The van der Waals surface area contributed by atoms with E-state index in [1.807, 2.05) is 40.7 Å². The maximum atomic E-state index is 14.2. The lowest BCUT2D eigenvalue weighted by Gasteiger charge is -2.34. The normalized spacial score (nSPS) is 12.9. The van der Waals surface area contributed by atoms with E-state index in [9.17, 15) is 18.0 Å². The first-order valence-corrected chi connectivity index (χ1v) is 15.8. The number of hydrogen-bond acceptors (Lipinski definition) is 4. The number of halogens is 2. The van der Waals surface area contributed by atoms with Crippen molar-refractivity contribution in [3.05, 3.63) is 93.5 Å². The van der Waals surface area contributed by atoms with Gasteiger partial charge in [0, 0.05) is 12.6 Å². The van der Waals surface area contributed by atoms with Crippen LogP contribution in [0.15, 0.2) is 71.6 Å². The molecular formula is C31H37Cl2N3O4S.